The van der Waals surface area contributed by atoms with Gasteiger partial charge in [-0.05, 0) is 31.1 Å². The fourth-order valence-corrected chi connectivity index (χ4v) is 5.36. The van der Waals surface area contributed by atoms with E-state index in [9.17, 15) is 9.59 Å². The van der Waals surface area contributed by atoms with Crippen LogP contribution in [0.25, 0.3) is 27.7 Å². The molecule has 10 nitrogen and oxygen atoms in total. The van der Waals surface area contributed by atoms with Gasteiger partial charge in [-0.2, -0.15) is 0 Å². The van der Waals surface area contributed by atoms with Gasteiger partial charge in [-0.1, -0.05) is 0 Å². The minimum Gasteiger partial charge on any atom is -0.481 e. The van der Waals surface area contributed by atoms with Crippen LogP contribution in [0.15, 0.2) is 30.5 Å². The van der Waals surface area contributed by atoms with E-state index in [1.54, 1.807) is 30.3 Å². The smallest absolute Gasteiger partial charge is 0.247 e. The molecule has 3 aromatic heterocycles. The number of methoxy groups -OCH3 is 1. The van der Waals surface area contributed by atoms with Crippen molar-refractivity contribution in [1.29, 1.82) is 0 Å². The van der Waals surface area contributed by atoms with E-state index in [1.165, 1.54) is 17.4 Å². The van der Waals surface area contributed by atoms with Crippen LogP contribution >= 0.6 is 11.3 Å². The fraction of sp³-hybridized carbons (Fsp3) is 0.375. The highest BCUT2D eigenvalue weighted by atomic mass is 32.1. The molecule has 2 fully saturated rings. The van der Waals surface area contributed by atoms with Crippen molar-refractivity contribution in [3.63, 3.8) is 0 Å². The zero-order valence-electron chi connectivity index (χ0n) is 19.3. The number of amides is 2. The highest BCUT2D eigenvalue weighted by molar-refractivity contribution is 7.20. The fourth-order valence-electron chi connectivity index (χ4n) is 4.34. The van der Waals surface area contributed by atoms with E-state index in [-0.39, 0.29) is 5.91 Å². The molecule has 2 aliphatic rings. The van der Waals surface area contributed by atoms with Crippen molar-refractivity contribution >= 4 is 45.3 Å². The maximum absolute atomic E-state index is 12.7. The summed E-state index contributed by atoms with van der Waals surface area (Å²) in [5, 5.41) is 0. The number of pyridine rings is 1. The molecule has 0 spiro atoms. The summed E-state index contributed by atoms with van der Waals surface area (Å²) < 4.78 is 11.6. The van der Waals surface area contributed by atoms with E-state index in [4.69, 9.17) is 25.2 Å². The topological polar surface area (TPSA) is 124 Å². The summed E-state index contributed by atoms with van der Waals surface area (Å²) in [6.45, 7) is 3.27. The summed E-state index contributed by atoms with van der Waals surface area (Å²) in [5.74, 6) is 1.26. The lowest BCUT2D eigenvalue weighted by Crippen LogP contribution is -2.42. The monoisotopic (exact) mass is 494 g/mol. The number of hydrogen-bond acceptors (Lipinski definition) is 9. The molecule has 3 aromatic rings. The molecule has 2 N–H and O–H groups in total. The van der Waals surface area contributed by atoms with E-state index in [0.717, 1.165) is 46.0 Å². The lowest BCUT2D eigenvalue weighted by molar-refractivity contribution is -0.133. The third kappa shape index (κ3) is 4.82. The van der Waals surface area contributed by atoms with Crippen LogP contribution in [0.3, 0.4) is 0 Å². The zero-order chi connectivity index (χ0) is 24.4. The summed E-state index contributed by atoms with van der Waals surface area (Å²) in [4.78, 5) is 42.9. The minimum absolute atomic E-state index is 0.215. The first kappa shape index (κ1) is 23.2. The molecule has 0 aromatic carbocycles. The van der Waals surface area contributed by atoms with Gasteiger partial charge < -0.3 is 25.0 Å². The number of fused-ring (bicyclic) bond motifs is 1. The zero-order valence-corrected chi connectivity index (χ0v) is 20.2. The Bertz CT molecular complexity index is 1270. The van der Waals surface area contributed by atoms with Crippen LogP contribution in [0.1, 0.15) is 17.7 Å². The second kappa shape index (κ2) is 9.96. The largest absolute Gasteiger partial charge is 0.481 e. The van der Waals surface area contributed by atoms with Gasteiger partial charge in [0.15, 0.2) is 11.6 Å². The molecule has 1 atom stereocenters. The van der Waals surface area contributed by atoms with Gasteiger partial charge in [0.05, 0.1) is 30.5 Å². The molecule has 2 saturated heterocycles. The van der Waals surface area contributed by atoms with Crippen LogP contribution in [0.5, 0.6) is 5.88 Å². The molecule has 5 rings (SSSR count). The third-order valence-corrected chi connectivity index (χ3v) is 7.23. The van der Waals surface area contributed by atoms with Crippen molar-refractivity contribution in [3.8, 4) is 17.3 Å². The quantitative estimate of drug-likeness (QED) is 0.517. The normalized spacial score (nSPS) is 18.5. The average Bonchev–Trinajstić information content (AvgIpc) is 3.55. The van der Waals surface area contributed by atoms with Gasteiger partial charge in [0.2, 0.25) is 17.7 Å². The third-order valence-electron chi connectivity index (χ3n) is 6.14. The standard InChI is InChI=1S/C24H26N6O4S/c1-33-19-6-4-15(14-26-19)23-27-17-13-16(5-7-20(31)30-8-2-3-18(30)22(25)32)35-21(17)24(28-23)29-9-11-34-12-10-29/h4-7,13-14,18H,2-3,8-12H2,1H3,(H2,25,32)/b7-5+. The number of morpholine rings is 1. The summed E-state index contributed by atoms with van der Waals surface area (Å²) in [7, 11) is 1.57. The molecule has 182 valence electrons. The highest BCUT2D eigenvalue weighted by Gasteiger charge is 2.31. The molecule has 0 aliphatic carbocycles. The predicted molar refractivity (Wildman–Crippen MR) is 133 cm³/mol. The number of nitrogens with zero attached hydrogens (tertiary/aromatic N) is 5. The van der Waals surface area contributed by atoms with E-state index >= 15 is 0 Å². The number of thiophene rings is 1. The van der Waals surface area contributed by atoms with Gasteiger partial charge in [0.1, 0.15) is 6.04 Å². The van der Waals surface area contributed by atoms with Crippen LogP contribution in [0, 0.1) is 0 Å². The Morgan fingerprint density at radius 3 is 2.77 bits per heavy atom. The number of nitrogens with two attached hydrogens (primary N) is 1. The van der Waals surface area contributed by atoms with Crippen molar-refractivity contribution in [3.05, 3.63) is 35.3 Å². The van der Waals surface area contributed by atoms with Crippen LogP contribution in [0.4, 0.5) is 5.82 Å². The van der Waals surface area contributed by atoms with E-state index < -0.39 is 11.9 Å². The molecule has 0 bridgehead atoms. The number of carbonyl (C=O) groups is 2. The molecular weight excluding hydrogens is 468 g/mol. The first-order chi connectivity index (χ1) is 17.0. The van der Waals surface area contributed by atoms with Gasteiger partial charge in [-0.15, -0.1) is 11.3 Å². The number of carbonyl (C=O) groups excluding carboxylic acids is 2. The molecule has 2 amide bonds. The molecule has 2 aliphatic heterocycles. The Morgan fingerprint density at radius 2 is 2.06 bits per heavy atom. The molecule has 35 heavy (non-hydrogen) atoms. The van der Waals surface area contributed by atoms with Gasteiger partial charge >= 0.3 is 0 Å². The first-order valence-corrected chi connectivity index (χ1v) is 12.3. The van der Waals surface area contributed by atoms with Crippen LogP contribution in [0.2, 0.25) is 0 Å². The van der Waals surface area contributed by atoms with Gasteiger partial charge in [-0.25, -0.2) is 15.0 Å². The molecule has 1 unspecified atom stereocenters. The number of anilines is 1. The van der Waals surface area contributed by atoms with Crippen molar-refractivity contribution in [2.45, 2.75) is 18.9 Å². The molecule has 5 heterocycles. The summed E-state index contributed by atoms with van der Waals surface area (Å²) in [6, 6.07) is 5.08. The van der Waals surface area contributed by atoms with Crippen LogP contribution in [-0.4, -0.2) is 77.7 Å². The van der Waals surface area contributed by atoms with Crippen molar-refractivity contribution < 1.29 is 19.1 Å². The van der Waals surface area contributed by atoms with Crippen molar-refractivity contribution in [2.24, 2.45) is 5.73 Å². The Labute approximate surface area is 206 Å². The number of hydrogen-bond donors (Lipinski definition) is 1. The maximum Gasteiger partial charge on any atom is 0.247 e. The predicted octanol–water partition coefficient (Wildman–Crippen LogP) is 2.09. The van der Waals surface area contributed by atoms with Gasteiger partial charge in [0.25, 0.3) is 0 Å². The lowest BCUT2D eigenvalue weighted by Gasteiger charge is -2.28. The second-order valence-electron chi connectivity index (χ2n) is 8.35. The van der Waals surface area contributed by atoms with Crippen LogP contribution in [-0.2, 0) is 14.3 Å². The summed E-state index contributed by atoms with van der Waals surface area (Å²) >= 11 is 1.53. The van der Waals surface area contributed by atoms with Gasteiger partial charge in [-0.3, -0.25) is 9.59 Å². The number of likely N-dealkylation sites (tertiary alicyclic amines) is 1. The molecule has 0 radical (unpaired) electrons. The highest BCUT2D eigenvalue weighted by Crippen LogP contribution is 2.35. The average molecular weight is 495 g/mol. The van der Waals surface area contributed by atoms with E-state index in [2.05, 4.69) is 9.88 Å². The van der Waals surface area contributed by atoms with Crippen molar-refractivity contribution in [2.75, 3.05) is 44.9 Å². The maximum atomic E-state index is 12.7. The number of rotatable bonds is 6. The van der Waals surface area contributed by atoms with Crippen molar-refractivity contribution in [1.82, 2.24) is 19.9 Å². The number of aromatic nitrogens is 3. The summed E-state index contributed by atoms with van der Waals surface area (Å²) in [5.41, 5.74) is 7.03. The van der Waals surface area contributed by atoms with Gasteiger partial charge in [0, 0.05) is 48.4 Å². The molecule has 11 heteroatoms. The minimum atomic E-state index is -0.533. The Kier molecular flexibility index (Phi) is 6.60. The number of ether oxygens (including phenoxy) is 2. The number of primary amides is 1. The van der Waals surface area contributed by atoms with Crippen LogP contribution < -0.4 is 15.4 Å². The first-order valence-electron chi connectivity index (χ1n) is 11.5. The lowest BCUT2D eigenvalue weighted by atomic mass is 10.2. The second-order valence-corrected chi connectivity index (χ2v) is 9.43. The van der Waals surface area contributed by atoms with E-state index in [0.29, 0.717) is 37.9 Å². The Hall–Kier alpha value is -3.57. The summed E-state index contributed by atoms with van der Waals surface area (Å²) in [6.07, 6.45) is 6.35. The van der Waals surface area contributed by atoms with E-state index in [1.807, 2.05) is 12.1 Å². The molecule has 0 saturated carbocycles. The SMILES string of the molecule is COc1ccc(-c2nc(N3CCOCC3)c3sc(/C=C/C(=O)N4CCCC4C(N)=O)cc3n2)cn1. The Balaban J connectivity index is 1.49. The molecular formula is C24H26N6O4S. The Morgan fingerprint density at radius 1 is 1.23 bits per heavy atom.